The third-order valence-corrected chi connectivity index (χ3v) is 4.73. The summed E-state index contributed by atoms with van der Waals surface area (Å²) in [5, 5.41) is 6.29. The summed E-state index contributed by atoms with van der Waals surface area (Å²) in [6.07, 6.45) is 4.15. The highest BCUT2D eigenvalue weighted by Gasteiger charge is 2.29. The van der Waals surface area contributed by atoms with Crippen molar-refractivity contribution in [2.75, 3.05) is 19.6 Å². The third kappa shape index (κ3) is 4.95. The quantitative estimate of drug-likeness (QED) is 0.845. The number of aryl methyl sites for hydroxylation is 1. The SMILES string of the molecule is Cl.O=C(NC1CCN(C(=O)CCc2ccccc2)C1)[C@@H]1CCCN1. The van der Waals surface area contributed by atoms with Crippen molar-refractivity contribution in [2.45, 2.75) is 44.2 Å². The van der Waals surface area contributed by atoms with Gasteiger partial charge in [0.2, 0.25) is 11.8 Å². The lowest BCUT2D eigenvalue weighted by molar-refractivity contribution is -0.130. The fourth-order valence-electron chi connectivity index (χ4n) is 3.37. The van der Waals surface area contributed by atoms with Crippen molar-refractivity contribution in [1.82, 2.24) is 15.5 Å². The van der Waals surface area contributed by atoms with Gasteiger partial charge in [0.25, 0.3) is 0 Å². The van der Waals surface area contributed by atoms with Gasteiger partial charge in [-0.25, -0.2) is 0 Å². The van der Waals surface area contributed by atoms with E-state index < -0.39 is 0 Å². The molecule has 2 fully saturated rings. The maximum Gasteiger partial charge on any atom is 0.237 e. The van der Waals surface area contributed by atoms with Crippen molar-refractivity contribution in [2.24, 2.45) is 0 Å². The Balaban J connectivity index is 0.00000208. The maximum atomic E-state index is 12.3. The summed E-state index contributed by atoms with van der Waals surface area (Å²) >= 11 is 0. The van der Waals surface area contributed by atoms with Crippen LogP contribution in [0, 0.1) is 0 Å². The van der Waals surface area contributed by atoms with Crippen molar-refractivity contribution >= 4 is 24.2 Å². The number of halogens is 1. The first kappa shape index (κ1) is 18.7. The molecule has 24 heavy (non-hydrogen) atoms. The maximum absolute atomic E-state index is 12.3. The van der Waals surface area contributed by atoms with Crippen LogP contribution in [0.25, 0.3) is 0 Å². The summed E-state index contributed by atoms with van der Waals surface area (Å²) in [6.45, 7) is 2.32. The van der Waals surface area contributed by atoms with E-state index >= 15 is 0 Å². The number of carbonyl (C=O) groups excluding carboxylic acids is 2. The number of nitrogens with zero attached hydrogens (tertiary/aromatic N) is 1. The zero-order chi connectivity index (χ0) is 16.1. The van der Waals surface area contributed by atoms with Gasteiger partial charge in [0.05, 0.1) is 6.04 Å². The predicted octanol–water partition coefficient (Wildman–Crippen LogP) is 1.51. The van der Waals surface area contributed by atoms with E-state index in [1.54, 1.807) is 0 Å². The predicted molar refractivity (Wildman–Crippen MR) is 96.2 cm³/mol. The van der Waals surface area contributed by atoms with Crippen LogP contribution in [0.4, 0.5) is 0 Å². The molecule has 1 aromatic carbocycles. The van der Waals surface area contributed by atoms with E-state index in [1.807, 2.05) is 23.1 Å². The Morgan fingerprint density at radius 3 is 2.71 bits per heavy atom. The molecule has 0 aromatic heterocycles. The summed E-state index contributed by atoms with van der Waals surface area (Å²) < 4.78 is 0. The van der Waals surface area contributed by atoms with E-state index in [4.69, 9.17) is 0 Å². The Hall–Kier alpha value is -1.59. The van der Waals surface area contributed by atoms with Gasteiger partial charge in [-0.3, -0.25) is 9.59 Å². The minimum Gasteiger partial charge on any atom is -0.350 e. The van der Waals surface area contributed by atoms with Gasteiger partial charge >= 0.3 is 0 Å². The number of hydrogen-bond acceptors (Lipinski definition) is 3. The Morgan fingerprint density at radius 2 is 2.00 bits per heavy atom. The molecule has 0 aliphatic carbocycles. The van der Waals surface area contributed by atoms with E-state index in [1.165, 1.54) is 5.56 Å². The molecule has 2 amide bonds. The molecule has 0 bridgehead atoms. The summed E-state index contributed by atoms with van der Waals surface area (Å²) in [4.78, 5) is 26.3. The minimum atomic E-state index is -0.0437. The van der Waals surface area contributed by atoms with E-state index in [9.17, 15) is 9.59 Å². The normalized spacial score (nSPS) is 22.9. The highest BCUT2D eigenvalue weighted by Crippen LogP contribution is 2.13. The van der Waals surface area contributed by atoms with Gasteiger partial charge in [0, 0.05) is 25.6 Å². The first-order valence-electron chi connectivity index (χ1n) is 8.58. The lowest BCUT2D eigenvalue weighted by Crippen LogP contribution is -2.46. The number of amides is 2. The number of likely N-dealkylation sites (tertiary alicyclic amines) is 1. The van der Waals surface area contributed by atoms with Crippen molar-refractivity contribution in [1.29, 1.82) is 0 Å². The molecule has 2 heterocycles. The molecule has 2 atom stereocenters. The Morgan fingerprint density at radius 1 is 1.21 bits per heavy atom. The molecule has 3 rings (SSSR count). The van der Waals surface area contributed by atoms with Gasteiger partial charge < -0.3 is 15.5 Å². The molecular weight excluding hydrogens is 326 g/mol. The van der Waals surface area contributed by atoms with Crippen LogP contribution in [0.1, 0.15) is 31.2 Å². The number of carbonyl (C=O) groups is 2. The standard InChI is InChI=1S/C18H25N3O2.ClH/c22-17(9-8-14-5-2-1-3-6-14)21-12-10-15(13-21)20-18(23)16-7-4-11-19-16;/h1-3,5-6,15-16,19H,4,7-13H2,(H,20,23);1H/t15?,16-;/m0./s1. The fraction of sp³-hybridized carbons (Fsp3) is 0.556. The Kier molecular flexibility index (Phi) is 7.06. The highest BCUT2D eigenvalue weighted by atomic mass is 35.5. The molecule has 2 aliphatic heterocycles. The largest absolute Gasteiger partial charge is 0.350 e. The van der Waals surface area contributed by atoms with Crippen LogP contribution in [0.2, 0.25) is 0 Å². The molecule has 0 saturated carbocycles. The summed E-state index contributed by atoms with van der Waals surface area (Å²) in [5.74, 6) is 0.274. The average Bonchev–Trinajstić information content (AvgIpc) is 3.25. The van der Waals surface area contributed by atoms with Gasteiger partial charge in [-0.05, 0) is 37.8 Å². The molecule has 132 valence electrons. The third-order valence-electron chi connectivity index (χ3n) is 4.73. The first-order valence-corrected chi connectivity index (χ1v) is 8.58. The summed E-state index contributed by atoms with van der Waals surface area (Å²) in [5.41, 5.74) is 1.19. The second-order valence-electron chi connectivity index (χ2n) is 6.47. The van der Waals surface area contributed by atoms with Crippen LogP contribution in [-0.4, -0.2) is 48.4 Å². The second-order valence-corrected chi connectivity index (χ2v) is 6.47. The molecule has 6 heteroatoms. The van der Waals surface area contributed by atoms with E-state index in [2.05, 4.69) is 22.8 Å². The van der Waals surface area contributed by atoms with E-state index in [0.717, 1.165) is 38.8 Å². The second kappa shape index (κ2) is 9.04. The molecular formula is C18H26ClN3O2. The van der Waals surface area contributed by atoms with Crippen LogP contribution in [0.3, 0.4) is 0 Å². The van der Waals surface area contributed by atoms with Crippen molar-refractivity contribution in [3.05, 3.63) is 35.9 Å². The molecule has 5 nitrogen and oxygen atoms in total. The smallest absolute Gasteiger partial charge is 0.237 e. The lowest BCUT2D eigenvalue weighted by atomic mass is 10.1. The zero-order valence-electron chi connectivity index (χ0n) is 13.9. The molecule has 2 saturated heterocycles. The summed E-state index contributed by atoms with van der Waals surface area (Å²) in [6, 6.07) is 10.1. The van der Waals surface area contributed by atoms with Gasteiger partial charge in [0.1, 0.15) is 0 Å². The topological polar surface area (TPSA) is 61.4 Å². The van der Waals surface area contributed by atoms with Crippen molar-refractivity contribution in [3.63, 3.8) is 0 Å². The number of benzene rings is 1. The van der Waals surface area contributed by atoms with Gasteiger partial charge in [-0.1, -0.05) is 30.3 Å². The average molecular weight is 352 g/mol. The summed E-state index contributed by atoms with van der Waals surface area (Å²) in [7, 11) is 0. The number of rotatable bonds is 5. The van der Waals surface area contributed by atoms with E-state index in [-0.39, 0.29) is 36.3 Å². The lowest BCUT2D eigenvalue weighted by Gasteiger charge is -2.18. The van der Waals surface area contributed by atoms with Crippen molar-refractivity contribution < 1.29 is 9.59 Å². The van der Waals surface area contributed by atoms with Crippen LogP contribution in [-0.2, 0) is 16.0 Å². The fourth-order valence-corrected chi connectivity index (χ4v) is 3.37. The Bertz CT molecular complexity index is 546. The van der Waals surface area contributed by atoms with Gasteiger partial charge in [0.15, 0.2) is 0 Å². The monoisotopic (exact) mass is 351 g/mol. The number of nitrogens with one attached hydrogen (secondary N) is 2. The molecule has 1 unspecified atom stereocenters. The van der Waals surface area contributed by atoms with Gasteiger partial charge in [-0.15, -0.1) is 12.4 Å². The minimum absolute atomic E-state index is 0. The van der Waals surface area contributed by atoms with Crippen LogP contribution in [0.15, 0.2) is 30.3 Å². The molecule has 0 radical (unpaired) electrons. The van der Waals surface area contributed by atoms with Crippen LogP contribution >= 0.6 is 12.4 Å². The van der Waals surface area contributed by atoms with Gasteiger partial charge in [-0.2, -0.15) is 0 Å². The molecule has 0 spiro atoms. The first-order chi connectivity index (χ1) is 11.2. The molecule has 2 aliphatic rings. The van der Waals surface area contributed by atoms with Crippen LogP contribution < -0.4 is 10.6 Å². The van der Waals surface area contributed by atoms with Crippen molar-refractivity contribution in [3.8, 4) is 0 Å². The molecule has 1 aromatic rings. The number of hydrogen-bond donors (Lipinski definition) is 2. The Labute approximate surface area is 149 Å². The molecule has 2 N–H and O–H groups in total. The highest BCUT2D eigenvalue weighted by molar-refractivity contribution is 5.85. The zero-order valence-corrected chi connectivity index (χ0v) is 14.7. The van der Waals surface area contributed by atoms with Crippen LogP contribution in [0.5, 0.6) is 0 Å². The van der Waals surface area contributed by atoms with E-state index in [0.29, 0.717) is 13.0 Å².